The van der Waals surface area contributed by atoms with E-state index in [4.69, 9.17) is 0 Å². The zero-order valence-electron chi connectivity index (χ0n) is 12.0. The highest BCUT2D eigenvalue weighted by Gasteiger charge is 2.13. The van der Waals surface area contributed by atoms with Gasteiger partial charge in [-0.15, -0.1) is 0 Å². The van der Waals surface area contributed by atoms with Crippen molar-refractivity contribution >= 4 is 5.69 Å². The number of nitrogens with one attached hydrogen (secondary N) is 1. The Morgan fingerprint density at radius 2 is 2.00 bits per heavy atom. The molecule has 0 bridgehead atoms. The van der Waals surface area contributed by atoms with Crippen molar-refractivity contribution in [2.75, 3.05) is 11.9 Å². The Labute approximate surface area is 123 Å². The minimum absolute atomic E-state index is 0.00939. The fourth-order valence-corrected chi connectivity index (χ4v) is 2.04. The highest BCUT2D eigenvalue weighted by atomic mass is 19.1. The van der Waals surface area contributed by atoms with Gasteiger partial charge in [-0.3, -0.25) is 4.98 Å². The van der Waals surface area contributed by atoms with Crippen molar-refractivity contribution in [1.82, 2.24) is 4.98 Å². The molecule has 3 N–H and O–H groups in total. The van der Waals surface area contributed by atoms with E-state index in [1.54, 1.807) is 18.5 Å². The van der Waals surface area contributed by atoms with E-state index in [9.17, 15) is 14.6 Å². The van der Waals surface area contributed by atoms with Crippen LogP contribution in [0.1, 0.15) is 13.8 Å². The molecule has 2 rings (SSSR count). The number of aliphatic hydroxyl groups is 1. The molecule has 0 fully saturated rings. The minimum atomic E-state index is -0.503. The van der Waals surface area contributed by atoms with E-state index >= 15 is 0 Å². The Hall–Kier alpha value is -2.14. The number of aliphatic hydroxyl groups excluding tert-OH is 1. The second-order valence-corrected chi connectivity index (χ2v) is 5.30. The summed E-state index contributed by atoms with van der Waals surface area (Å²) in [7, 11) is 0. The standard InChI is InChI=1S/C16H19FN2O2/c1-10(2)16(9-20)19-12-5-11(7-18-8-12)14-4-3-13(21)6-15(14)17/h3-8,10,16,19-21H,9H2,1-2H3/t16-/m0/s1. The number of benzene rings is 1. The Morgan fingerprint density at radius 3 is 2.62 bits per heavy atom. The maximum Gasteiger partial charge on any atom is 0.134 e. The molecular formula is C16H19FN2O2. The van der Waals surface area contributed by atoms with Crippen molar-refractivity contribution < 1.29 is 14.6 Å². The number of hydrogen-bond acceptors (Lipinski definition) is 4. The molecule has 112 valence electrons. The summed E-state index contributed by atoms with van der Waals surface area (Å²) in [4.78, 5) is 4.10. The molecule has 0 aliphatic rings. The number of pyridine rings is 1. The number of halogens is 1. The van der Waals surface area contributed by atoms with Crippen molar-refractivity contribution in [2.24, 2.45) is 5.92 Å². The van der Waals surface area contributed by atoms with Gasteiger partial charge in [0.05, 0.1) is 18.3 Å². The van der Waals surface area contributed by atoms with Crippen LogP contribution >= 0.6 is 0 Å². The Kier molecular flexibility index (Phi) is 4.75. The van der Waals surface area contributed by atoms with Crippen molar-refractivity contribution in [3.05, 3.63) is 42.5 Å². The molecule has 21 heavy (non-hydrogen) atoms. The third kappa shape index (κ3) is 3.70. The molecule has 0 radical (unpaired) electrons. The van der Waals surface area contributed by atoms with Crippen LogP contribution < -0.4 is 5.32 Å². The van der Waals surface area contributed by atoms with Crippen LogP contribution in [-0.4, -0.2) is 27.8 Å². The van der Waals surface area contributed by atoms with Crippen LogP contribution in [0.2, 0.25) is 0 Å². The van der Waals surface area contributed by atoms with E-state index < -0.39 is 5.82 Å². The molecular weight excluding hydrogens is 271 g/mol. The van der Waals surface area contributed by atoms with E-state index in [-0.39, 0.29) is 24.3 Å². The lowest BCUT2D eigenvalue weighted by molar-refractivity contribution is 0.249. The molecule has 1 heterocycles. The van der Waals surface area contributed by atoms with Gasteiger partial charge in [0, 0.05) is 29.6 Å². The predicted molar refractivity (Wildman–Crippen MR) is 80.6 cm³/mol. The summed E-state index contributed by atoms with van der Waals surface area (Å²) in [5.74, 6) is -0.362. The van der Waals surface area contributed by atoms with Crippen LogP contribution in [0.3, 0.4) is 0 Å². The first-order valence-electron chi connectivity index (χ1n) is 6.82. The number of hydrogen-bond donors (Lipinski definition) is 3. The molecule has 1 atom stereocenters. The molecule has 0 aliphatic carbocycles. The number of aromatic nitrogens is 1. The van der Waals surface area contributed by atoms with E-state index in [2.05, 4.69) is 10.3 Å². The molecule has 4 nitrogen and oxygen atoms in total. The topological polar surface area (TPSA) is 65.4 Å². The zero-order valence-corrected chi connectivity index (χ0v) is 12.0. The first kappa shape index (κ1) is 15.3. The van der Waals surface area contributed by atoms with Gasteiger partial charge >= 0.3 is 0 Å². The molecule has 0 amide bonds. The van der Waals surface area contributed by atoms with Crippen LogP contribution in [0.4, 0.5) is 10.1 Å². The molecule has 1 aromatic heterocycles. The minimum Gasteiger partial charge on any atom is -0.508 e. The van der Waals surface area contributed by atoms with Gasteiger partial charge in [0.1, 0.15) is 11.6 Å². The summed E-state index contributed by atoms with van der Waals surface area (Å²) < 4.78 is 13.9. The van der Waals surface area contributed by atoms with E-state index in [1.807, 2.05) is 13.8 Å². The average Bonchev–Trinajstić information content (AvgIpc) is 2.44. The van der Waals surface area contributed by atoms with Crippen LogP contribution in [-0.2, 0) is 0 Å². The SMILES string of the molecule is CC(C)[C@H](CO)Nc1cncc(-c2ccc(O)cc2F)c1. The molecule has 0 saturated heterocycles. The number of aromatic hydroxyl groups is 1. The monoisotopic (exact) mass is 290 g/mol. The van der Waals surface area contributed by atoms with Crippen molar-refractivity contribution in [2.45, 2.75) is 19.9 Å². The van der Waals surface area contributed by atoms with Gasteiger partial charge in [0.15, 0.2) is 0 Å². The van der Waals surface area contributed by atoms with Gasteiger partial charge < -0.3 is 15.5 Å². The molecule has 0 aliphatic heterocycles. The summed E-state index contributed by atoms with van der Waals surface area (Å²) >= 11 is 0. The summed E-state index contributed by atoms with van der Waals surface area (Å²) in [5, 5.41) is 21.8. The van der Waals surface area contributed by atoms with Crippen molar-refractivity contribution in [3.8, 4) is 16.9 Å². The van der Waals surface area contributed by atoms with Gasteiger partial charge in [0.2, 0.25) is 0 Å². The molecule has 1 aromatic carbocycles. The van der Waals surface area contributed by atoms with Gasteiger partial charge in [-0.25, -0.2) is 4.39 Å². The normalized spacial score (nSPS) is 12.4. The van der Waals surface area contributed by atoms with E-state index in [1.165, 1.54) is 12.1 Å². The maximum atomic E-state index is 13.9. The summed E-state index contributed by atoms with van der Waals surface area (Å²) in [6.07, 6.45) is 3.19. The van der Waals surface area contributed by atoms with E-state index in [0.717, 1.165) is 6.07 Å². The molecule has 0 unspecified atom stereocenters. The lowest BCUT2D eigenvalue weighted by Crippen LogP contribution is -2.29. The quantitative estimate of drug-likeness (QED) is 0.792. The lowest BCUT2D eigenvalue weighted by Gasteiger charge is -2.21. The third-order valence-corrected chi connectivity index (χ3v) is 3.36. The smallest absolute Gasteiger partial charge is 0.134 e. The number of phenols is 1. The summed E-state index contributed by atoms with van der Waals surface area (Å²) in [6.45, 7) is 4.02. The highest BCUT2D eigenvalue weighted by molar-refractivity contribution is 5.68. The lowest BCUT2D eigenvalue weighted by atomic mass is 10.0. The number of anilines is 1. The Morgan fingerprint density at radius 1 is 1.24 bits per heavy atom. The van der Waals surface area contributed by atoms with E-state index in [0.29, 0.717) is 16.8 Å². The zero-order chi connectivity index (χ0) is 15.4. The fourth-order valence-electron chi connectivity index (χ4n) is 2.04. The van der Waals surface area contributed by atoms with Crippen LogP contribution in [0.15, 0.2) is 36.7 Å². The maximum absolute atomic E-state index is 13.9. The van der Waals surface area contributed by atoms with Gasteiger partial charge in [-0.2, -0.15) is 0 Å². The first-order chi connectivity index (χ1) is 10.0. The molecule has 0 saturated carbocycles. The fraction of sp³-hybridized carbons (Fsp3) is 0.312. The van der Waals surface area contributed by atoms with Crippen LogP contribution in [0.5, 0.6) is 5.75 Å². The number of rotatable bonds is 5. The largest absolute Gasteiger partial charge is 0.508 e. The van der Waals surface area contributed by atoms with Crippen LogP contribution in [0, 0.1) is 11.7 Å². The molecule has 0 spiro atoms. The number of nitrogens with zero attached hydrogens (tertiary/aromatic N) is 1. The molecule has 5 heteroatoms. The Bertz CT molecular complexity index is 617. The summed E-state index contributed by atoms with van der Waals surface area (Å²) in [6, 6.07) is 5.69. The Balaban J connectivity index is 2.29. The summed E-state index contributed by atoms with van der Waals surface area (Å²) in [5.41, 5.74) is 1.69. The van der Waals surface area contributed by atoms with Crippen molar-refractivity contribution in [3.63, 3.8) is 0 Å². The number of phenolic OH excluding ortho intramolecular Hbond substituents is 1. The van der Waals surface area contributed by atoms with Crippen molar-refractivity contribution in [1.29, 1.82) is 0 Å². The van der Waals surface area contributed by atoms with Crippen LogP contribution in [0.25, 0.3) is 11.1 Å². The second-order valence-electron chi connectivity index (χ2n) is 5.30. The highest BCUT2D eigenvalue weighted by Crippen LogP contribution is 2.27. The first-order valence-corrected chi connectivity index (χ1v) is 6.82. The molecule has 2 aromatic rings. The predicted octanol–water partition coefficient (Wildman–Crippen LogP) is 3.02. The van der Waals surface area contributed by atoms with Gasteiger partial charge in [0.25, 0.3) is 0 Å². The average molecular weight is 290 g/mol. The third-order valence-electron chi connectivity index (χ3n) is 3.36. The van der Waals surface area contributed by atoms with Gasteiger partial charge in [-0.1, -0.05) is 13.8 Å². The van der Waals surface area contributed by atoms with Gasteiger partial charge in [-0.05, 0) is 24.1 Å². The second kappa shape index (κ2) is 6.54.